The molecule has 20 heavy (non-hydrogen) atoms. The number of nitrogens with zero attached hydrogens (tertiary/aromatic N) is 2. The first-order valence-electron chi connectivity index (χ1n) is 6.39. The van der Waals surface area contributed by atoms with Crippen molar-refractivity contribution in [2.45, 2.75) is 13.3 Å². The highest BCUT2D eigenvalue weighted by molar-refractivity contribution is 6.70. The van der Waals surface area contributed by atoms with Gasteiger partial charge in [0.1, 0.15) is 11.7 Å². The summed E-state index contributed by atoms with van der Waals surface area (Å²) in [6, 6.07) is 3.52. The zero-order valence-corrected chi connectivity index (χ0v) is 12.5. The van der Waals surface area contributed by atoms with Crippen LogP contribution in [-0.4, -0.2) is 38.4 Å². The highest BCUT2D eigenvalue weighted by Crippen LogP contribution is 2.37. The molecule has 0 saturated carbocycles. The fourth-order valence-electron chi connectivity index (χ4n) is 2.17. The summed E-state index contributed by atoms with van der Waals surface area (Å²) in [7, 11) is 3.11. The molecular formula is C14H17ClN2O3. The molecule has 2 rings (SSSR count). The first-order chi connectivity index (χ1) is 9.62. The molecule has 1 aliphatic rings. The lowest BCUT2D eigenvalue weighted by Gasteiger charge is -2.23. The van der Waals surface area contributed by atoms with Gasteiger partial charge >= 0.3 is 0 Å². The van der Waals surface area contributed by atoms with Gasteiger partial charge in [0.2, 0.25) is 5.91 Å². The van der Waals surface area contributed by atoms with Gasteiger partial charge in [-0.2, -0.15) is 0 Å². The molecule has 0 atom stereocenters. The predicted molar refractivity (Wildman–Crippen MR) is 79.4 cm³/mol. The largest absolute Gasteiger partial charge is 0.493 e. The van der Waals surface area contributed by atoms with E-state index in [2.05, 4.69) is 4.99 Å². The molecule has 0 N–H and O–H groups in total. The van der Waals surface area contributed by atoms with Gasteiger partial charge in [-0.05, 0) is 12.5 Å². The Bertz CT molecular complexity index is 558. The average molecular weight is 297 g/mol. The first-order valence-corrected chi connectivity index (χ1v) is 6.76. The van der Waals surface area contributed by atoms with E-state index < -0.39 is 0 Å². The number of carbonyl (C=O) groups excluding carboxylic acids is 1. The van der Waals surface area contributed by atoms with Crippen molar-refractivity contribution in [2.75, 3.05) is 32.2 Å². The van der Waals surface area contributed by atoms with Crippen LogP contribution in [-0.2, 0) is 4.79 Å². The van der Waals surface area contributed by atoms with Crippen LogP contribution in [0.4, 0.5) is 5.69 Å². The smallest absolute Gasteiger partial charge is 0.248 e. The summed E-state index contributed by atoms with van der Waals surface area (Å²) in [6.07, 6.45) is 0.844. The highest BCUT2D eigenvalue weighted by atomic mass is 35.5. The molecular weight excluding hydrogens is 280 g/mol. The van der Waals surface area contributed by atoms with E-state index >= 15 is 0 Å². The second-order valence-electron chi connectivity index (χ2n) is 4.38. The van der Waals surface area contributed by atoms with Crippen molar-refractivity contribution in [3.05, 3.63) is 17.7 Å². The Morgan fingerprint density at radius 3 is 2.55 bits per heavy atom. The summed E-state index contributed by atoms with van der Waals surface area (Å²) in [5.74, 6) is 1.05. The quantitative estimate of drug-likeness (QED) is 0.857. The number of benzene rings is 1. The summed E-state index contributed by atoms with van der Waals surface area (Å²) in [5.41, 5.74) is 1.39. The highest BCUT2D eigenvalue weighted by Gasteiger charge is 2.25. The van der Waals surface area contributed by atoms with Crippen LogP contribution in [0, 0.1) is 0 Å². The maximum absolute atomic E-state index is 12.2. The lowest BCUT2D eigenvalue weighted by atomic mass is 10.1. The zero-order chi connectivity index (χ0) is 14.7. The van der Waals surface area contributed by atoms with Crippen molar-refractivity contribution in [3.63, 3.8) is 0 Å². The van der Waals surface area contributed by atoms with Gasteiger partial charge in [-0.25, -0.2) is 0 Å². The first kappa shape index (κ1) is 14.7. The standard InChI is InChI=1S/C14H17ClN2O3/c1-4-5-17-10-7-12(20-3)11(19-2)6-9(10)14(15)16-8-13(17)18/h6-7H,4-5,8H2,1-3H3. The number of aliphatic imine (C=N–C) groups is 1. The van der Waals surface area contributed by atoms with Crippen LogP contribution >= 0.6 is 11.6 Å². The molecule has 6 heteroatoms. The molecule has 0 bridgehead atoms. The topological polar surface area (TPSA) is 51.1 Å². The third-order valence-corrected chi connectivity index (χ3v) is 3.44. The van der Waals surface area contributed by atoms with E-state index in [0.29, 0.717) is 34.5 Å². The van der Waals surface area contributed by atoms with Gasteiger partial charge in [0.25, 0.3) is 0 Å². The van der Waals surface area contributed by atoms with Crippen LogP contribution in [0.25, 0.3) is 0 Å². The number of anilines is 1. The lowest BCUT2D eigenvalue weighted by Crippen LogP contribution is -2.33. The van der Waals surface area contributed by atoms with Gasteiger partial charge in [-0.1, -0.05) is 18.5 Å². The summed E-state index contributed by atoms with van der Waals surface area (Å²) in [4.78, 5) is 17.9. The van der Waals surface area contributed by atoms with Gasteiger partial charge in [-0.15, -0.1) is 0 Å². The van der Waals surface area contributed by atoms with Gasteiger partial charge in [0.05, 0.1) is 19.9 Å². The Labute approximate surface area is 123 Å². The number of fused-ring (bicyclic) bond motifs is 1. The fourth-order valence-corrected chi connectivity index (χ4v) is 2.38. The zero-order valence-electron chi connectivity index (χ0n) is 11.8. The summed E-state index contributed by atoms with van der Waals surface area (Å²) >= 11 is 6.18. The Morgan fingerprint density at radius 2 is 1.95 bits per heavy atom. The van der Waals surface area contributed by atoms with E-state index in [4.69, 9.17) is 21.1 Å². The van der Waals surface area contributed by atoms with Crippen LogP contribution < -0.4 is 14.4 Å². The molecule has 0 saturated heterocycles. The number of halogens is 1. The maximum atomic E-state index is 12.2. The van der Waals surface area contributed by atoms with E-state index in [1.165, 1.54) is 0 Å². The SMILES string of the molecule is CCCN1C(=O)CN=C(Cl)c2cc(OC)c(OC)cc21. The molecule has 5 nitrogen and oxygen atoms in total. The van der Waals surface area contributed by atoms with Crippen molar-refractivity contribution >= 4 is 28.4 Å². The van der Waals surface area contributed by atoms with E-state index in [0.717, 1.165) is 6.42 Å². The number of amides is 1. The van der Waals surface area contributed by atoms with Crippen molar-refractivity contribution in [1.82, 2.24) is 0 Å². The number of benzodiazepines with no additional fused rings is 1. The van der Waals surface area contributed by atoms with Crippen LogP contribution in [0.3, 0.4) is 0 Å². The Hall–Kier alpha value is -1.75. The molecule has 0 spiro atoms. The Balaban J connectivity index is 2.63. The number of carbonyl (C=O) groups is 1. The number of methoxy groups -OCH3 is 2. The van der Waals surface area contributed by atoms with Crippen molar-refractivity contribution in [2.24, 2.45) is 4.99 Å². The van der Waals surface area contributed by atoms with E-state index in [1.54, 1.807) is 31.3 Å². The monoisotopic (exact) mass is 296 g/mol. The molecule has 1 aromatic rings. The fraction of sp³-hybridized carbons (Fsp3) is 0.429. The van der Waals surface area contributed by atoms with Crippen LogP contribution in [0.5, 0.6) is 11.5 Å². The minimum absolute atomic E-state index is 0.0537. The van der Waals surface area contributed by atoms with E-state index in [-0.39, 0.29) is 12.5 Å². The molecule has 1 aliphatic heterocycles. The number of hydrogen-bond donors (Lipinski definition) is 0. The van der Waals surface area contributed by atoms with Gasteiger partial charge in [0, 0.05) is 18.2 Å². The second-order valence-corrected chi connectivity index (χ2v) is 4.73. The van der Waals surface area contributed by atoms with Crippen LogP contribution in [0.15, 0.2) is 17.1 Å². The number of rotatable bonds is 4. The van der Waals surface area contributed by atoms with Crippen molar-refractivity contribution < 1.29 is 14.3 Å². The van der Waals surface area contributed by atoms with Crippen molar-refractivity contribution in [3.8, 4) is 11.5 Å². The molecule has 0 fully saturated rings. The molecule has 0 unspecified atom stereocenters. The summed E-state index contributed by atoms with van der Waals surface area (Å²) in [6.45, 7) is 2.68. The minimum atomic E-state index is -0.0732. The van der Waals surface area contributed by atoms with Gasteiger partial charge in [0.15, 0.2) is 11.5 Å². The summed E-state index contributed by atoms with van der Waals surface area (Å²) in [5, 5.41) is 0.313. The number of ether oxygens (including phenoxy) is 2. The van der Waals surface area contributed by atoms with Crippen LogP contribution in [0.1, 0.15) is 18.9 Å². The minimum Gasteiger partial charge on any atom is -0.493 e. The molecule has 0 radical (unpaired) electrons. The predicted octanol–water partition coefficient (Wildman–Crippen LogP) is 2.45. The Morgan fingerprint density at radius 1 is 1.30 bits per heavy atom. The molecule has 1 amide bonds. The average Bonchev–Trinajstić information content (AvgIpc) is 2.58. The van der Waals surface area contributed by atoms with Crippen LogP contribution in [0.2, 0.25) is 0 Å². The Kier molecular flexibility index (Phi) is 4.49. The maximum Gasteiger partial charge on any atom is 0.248 e. The third-order valence-electron chi connectivity index (χ3n) is 3.12. The lowest BCUT2D eigenvalue weighted by molar-refractivity contribution is -0.117. The normalized spacial score (nSPS) is 14.5. The van der Waals surface area contributed by atoms with Crippen molar-refractivity contribution in [1.29, 1.82) is 0 Å². The van der Waals surface area contributed by atoms with E-state index in [1.807, 2.05) is 6.92 Å². The van der Waals surface area contributed by atoms with E-state index in [9.17, 15) is 4.79 Å². The summed E-state index contributed by atoms with van der Waals surface area (Å²) < 4.78 is 10.6. The molecule has 0 aromatic heterocycles. The third kappa shape index (κ3) is 2.58. The van der Waals surface area contributed by atoms with Gasteiger partial charge in [-0.3, -0.25) is 9.79 Å². The molecule has 108 valence electrons. The second kappa shape index (κ2) is 6.13. The molecule has 1 aromatic carbocycles. The molecule has 0 aliphatic carbocycles. The number of hydrogen-bond acceptors (Lipinski definition) is 4. The molecule has 1 heterocycles. The van der Waals surface area contributed by atoms with Gasteiger partial charge < -0.3 is 14.4 Å².